The van der Waals surface area contributed by atoms with E-state index in [2.05, 4.69) is 105 Å². The Morgan fingerprint density at radius 1 is 0.696 bits per heavy atom. The highest BCUT2D eigenvalue weighted by molar-refractivity contribution is 6.31. The number of imidazole rings is 1. The molecule has 4 N–H and O–H groups in total. The van der Waals surface area contributed by atoms with E-state index in [1.807, 2.05) is 80.8 Å². The lowest BCUT2D eigenvalue weighted by Crippen LogP contribution is -2.63. The molecule has 484 valence electrons. The predicted molar refractivity (Wildman–Crippen MR) is 357 cm³/mol. The van der Waals surface area contributed by atoms with Gasteiger partial charge in [0.2, 0.25) is 0 Å². The topological polar surface area (TPSA) is 216 Å². The van der Waals surface area contributed by atoms with Crippen LogP contribution in [0.3, 0.4) is 0 Å². The van der Waals surface area contributed by atoms with Crippen LogP contribution in [0.5, 0.6) is 5.75 Å². The number of nitrogens with one attached hydrogen (secondary N) is 4. The highest BCUT2D eigenvalue weighted by atomic mass is 35.5. The Hall–Kier alpha value is -7.95. The molecular formula is C70H86ClN15O6. The lowest BCUT2D eigenvalue weighted by molar-refractivity contribution is -0.121. The third-order valence-corrected chi connectivity index (χ3v) is 21.4. The average Bonchev–Trinajstić information content (AvgIpc) is 1.39. The van der Waals surface area contributed by atoms with Crippen molar-refractivity contribution in [2.75, 3.05) is 72.4 Å². The van der Waals surface area contributed by atoms with Crippen molar-refractivity contribution >= 4 is 79.4 Å². The summed E-state index contributed by atoms with van der Waals surface area (Å²) in [6.07, 6.45) is 15.9. The number of aryl methyl sites for hydroxylation is 3. The van der Waals surface area contributed by atoms with E-state index in [4.69, 9.17) is 16.3 Å². The molecule has 8 atom stereocenters. The molecule has 8 aliphatic heterocycles. The molecule has 22 heteroatoms. The van der Waals surface area contributed by atoms with Crippen LogP contribution < -0.4 is 25.6 Å². The van der Waals surface area contributed by atoms with Crippen molar-refractivity contribution in [3.05, 3.63) is 136 Å². The van der Waals surface area contributed by atoms with Crippen molar-refractivity contribution in [2.45, 2.75) is 126 Å². The molecule has 92 heavy (non-hydrogen) atoms. The molecule has 4 aromatic heterocycles. The summed E-state index contributed by atoms with van der Waals surface area (Å²) in [7, 11) is 12.2. The Morgan fingerprint density at radius 3 is 2.00 bits per heavy atom. The molecule has 0 saturated carbocycles. The fourth-order valence-electron chi connectivity index (χ4n) is 16.0. The number of piperazine rings is 1. The number of para-hydroxylation sites is 3. The first-order chi connectivity index (χ1) is 44.4. The van der Waals surface area contributed by atoms with Gasteiger partial charge in [-0.25, -0.2) is 4.98 Å². The number of benzene rings is 4. The Balaban J connectivity index is 0.000000112. The molecule has 6 bridgehead atoms. The minimum absolute atomic E-state index is 0.0329. The van der Waals surface area contributed by atoms with Crippen LogP contribution in [0.4, 0.5) is 5.69 Å². The van der Waals surface area contributed by atoms with Crippen LogP contribution in [-0.2, 0) is 31.9 Å². The van der Waals surface area contributed by atoms with Crippen LogP contribution in [-0.4, -0.2) is 193 Å². The average molecular weight is 1270 g/mol. The number of likely N-dealkylation sites (tertiary alicyclic amines) is 1. The number of likely N-dealkylation sites (N-methyl/N-ethyl adjacent to an activating group) is 3. The highest BCUT2D eigenvalue weighted by Crippen LogP contribution is 2.40. The summed E-state index contributed by atoms with van der Waals surface area (Å²) in [5, 5.41) is 24.5. The van der Waals surface area contributed by atoms with E-state index in [0.29, 0.717) is 63.5 Å². The third-order valence-electron chi connectivity index (χ3n) is 21.2. The molecule has 12 heterocycles. The molecule has 7 fully saturated rings. The number of halogens is 1. The lowest BCUT2D eigenvalue weighted by atomic mass is 9.82. The number of Topliss-reactive ketones (excluding diaryl/α,β-unsaturated/α-hetero) is 1. The van der Waals surface area contributed by atoms with Crippen molar-refractivity contribution in [1.82, 2.24) is 69.6 Å². The largest absolute Gasteiger partial charge is 0.481 e. The van der Waals surface area contributed by atoms with Gasteiger partial charge in [0.15, 0.2) is 29.5 Å². The van der Waals surface area contributed by atoms with Gasteiger partial charge in [-0.1, -0.05) is 72.6 Å². The maximum Gasteiger partial charge on any atom is 0.272 e. The standard InChI is InChI=1S/C18H24N4O.C18H19N3O.C17H20ClN3O3.C17H23N5O/c1-21-13-6-5-7-14(21)11-12(10-13)19-18(23)17-15-8-3-4-9-16(15)22(2)20-17;1-12-19-9-10-21(12)11-13-7-8-16-17(18(13)22)14-5-3-4-6-15(14)20(16)2;1-20-14-7-11(18)6-12(16(14)24-9-15(20)22)17(23)19-13-8-21-4-2-10(13)3-5-21;1-21-9-12-7-11(8-13(10-21)22(12)2)18-17(23)16-14-5-3-4-6-15(14)19-20-16/h3-4,8-9,12-14H,5-7,10-11H2,1-2H3,(H,19,23);3-6,9-10,13H,7-8,11H2,1-2H3;6-7,10,13H,2-5,8-9H2,1H3,(H,19,23);3-6,11-13H,7-10H2,1-2H3,(H,18,23)(H,19,20)/t12?,13-,14+;;;11?,12-,13+. The Bertz CT molecular complexity index is 4040. The minimum atomic E-state index is -0.185. The Labute approximate surface area is 542 Å². The minimum Gasteiger partial charge on any atom is -0.481 e. The maximum absolute atomic E-state index is 13.0. The SMILES string of the molecule is CN1C(=O)COc2c(C(=O)NC3CN4CCC3CC4)cc(Cl)cc21.CN1C[C@H]2CC(NC(=O)c3n[nH]c4ccccc34)C[C@@H](C1)N2C.CN1[C@@H]2CCC[C@H]1CC(NC(=O)c1nn(C)c3ccccc13)C2.Cc1nccn1CC1CCc2c(c3ccccc3n2C)C1=O. The number of carbonyl (C=O) groups excluding carboxylic acids is 5. The number of aromatic amines is 1. The molecule has 9 aliphatic rings. The zero-order chi connectivity index (χ0) is 64.1. The number of fused-ring (bicyclic) bond motifs is 13. The number of hydrogen-bond donors (Lipinski definition) is 4. The van der Waals surface area contributed by atoms with Gasteiger partial charge in [-0.3, -0.25) is 38.7 Å². The second-order valence-corrected chi connectivity index (χ2v) is 27.3. The second kappa shape index (κ2) is 26.6. The van der Waals surface area contributed by atoms with Crippen LogP contribution in [0.25, 0.3) is 32.7 Å². The zero-order valence-electron chi connectivity index (χ0n) is 53.9. The van der Waals surface area contributed by atoms with Gasteiger partial charge in [0, 0.05) is 146 Å². The Morgan fingerprint density at radius 2 is 1.33 bits per heavy atom. The number of H-pyrrole nitrogens is 1. The summed E-state index contributed by atoms with van der Waals surface area (Å²) in [6, 6.07) is 30.1. The summed E-state index contributed by atoms with van der Waals surface area (Å²) >= 11 is 6.16. The number of aromatic nitrogens is 7. The van der Waals surface area contributed by atoms with E-state index in [1.54, 1.807) is 30.1 Å². The monoisotopic (exact) mass is 1270 g/mol. The van der Waals surface area contributed by atoms with Gasteiger partial charge >= 0.3 is 0 Å². The van der Waals surface area contributed by atoms with Gasteiger partial charge in [-0.15, -0.1) is 0 Å². The lowest BCUT2D eigenvalue weighted by Gasteiger charge is -2.50. The summed E-state index contributed by atoms with van der Waals surface area (Å²) in [4.78, 5) is 78.6. The van der Waals surface area contributed by atoms with Gasteiger partial charge in [0.25, 0.3) is 23.6 Å². The second-order valence-electron chi connectivity index (χ2n) is 26.9. The number of ketones is 1. The first kappa shape index (κ1) is 62.8. The van der Waals surface area contributed by atoms with Crippen molar-refractivity contribution in [2.24, 2.45) is 25.9 Å². The number of rotatable bonds is 8. The van der Waals surface area contributed by atoms with Gasteiger partial charge in [0.05, 0.1) is 22.3 Å². The van der Waals surface area contributed by atoms with Gasteiger partial charge in [-0.2, -0.15) is 10.2 Å². The number of amides is 4. The molecule has 1 aliphatic carbocycles. The molecule has 21 nitrogen and oxygen atoms in total. The van der Waals surface area contributed by atoms with Crippen molar-refractivity contribution in [3.8, 4) is 5.75 Å². The first-order valence-corrected chi connectivity index (χ1v) is 33.3. The zero-order valence-corrected chi connectivity index (χ0v) is 54.7. The van der Waals surface area contributed by atoms with E-state index in [0.717, 1.165) is 135 Å². The quantitative estimate of drug-likeness (QED) is 0.114. The number of ether oxygens (including phenoxy) is 1. The van der Waals surface area contributed by atoms with Crippen LogP contribution in [0, 0.1) is 18.8 Å². The van der Waals surface area contributed by atoms with Crippen LogP contribution in [0.1, 0.15) is 117 Å². The molecule has 0 radical (unpaired) electrons. The third kappa shape index (κ3) is 12.7. The summed E-state index contributed by atoms with van der Waals surface area (Å²) in [5.74, 6) is 1.83. The maximum atomic E-state index is 13.0. The number of carbonyl (C=O) groups is 5. The van der Waals surface area contributed by atoms with Crippen molar-refractivity contribution in [3.63, 3.8) is 0 Å². The van der Waals surface area contributed by atoms with Crippen molar-refractivity contribution in [1.29, 1.82) is 0 Å². The molecule has 8 aromatic rings. The highest BCUT2D eigenvalue weighted by Gasteiger charge is 2.41. The summed E-state index contributed by atoms with van der Waals surface area (Å²) in [6.45, 7) is 7.95. The van der Waals surface area contributed by atoms with Gasteiger partial charge in [-0.05, 0) is 142 Å². The normalized spacial score (nSPS) is 25.9. The molecule has 4 amide bonds. The number of hydrogen-bond acceptors (Lipinski definition) is 13. The smallest absolute Gasteiger partial charge is 0.272 e. The summed E-state index contributed by atoms with van der Waals surface area (Å²) in [5.41, 5.74) is 7.16. The number of anilines is 1. The van der Waals surface area contributed by atoms with E-state index < -0.39 is 0 Å². The Kier molecular flexibility index (Phi) is 18.2. The number of piperidine rings is 6. The van der Waals surface area contributed by atoms with E-state index in [-0.39, 0.29) is 60.1 Å². The fraction of sp³-hybridized carbons (Fsp3) is 0.486. The predicted octanol–water partition coefficient (Wildman–Crippen LogP) is 8.04. The molecule has 0 spiro atoms. The molecule has 7 saturated heterocycles. The molecular weight excluding hydrogens is 1180 g/mol. The van der Waals surface area contributed by atoms with Gasteiger partial charge < -0.3 is 49.4 Å². The van der Waals surface area contributed by atoms with Crippen LogP contribution in [0.15, 0.2) is 97.3 Å². The molecule has 4 unspecified atom stereocenters. The van der Waals surface area contributed by atoms with Crippen molar-refractivity contribution < 1.29 is 28.7 Å². The number of nitrogens with zero attached hydrogens (tertiary/aromatic N) is 11. The van der Waals surface area contributed by atoms with Gasteiger partial charge in [0.1, 0.15) is 5.82 Å². The van der Waals surface area contributed by atoms with E-state index >= 15 is 0 Å². The van der Waals surface area contributed by atoms with Crippen LogP contribution in [0.2, 0.25) is 5.02 Å². The van der Waals surface area contributed by atoms with E-state index in [9.17, 15) is 24.0 Å². The fourth-order valence-corrected chi connectivity index (χ4v) is 16.2. The van der Waals surface area contributed by atoms with Crippen LogP contribution >= 0.6 is 11.6 Å². The first-order valence-electron chi connectivity index (χ1n) is 32.9. The summed E-state index contributed by atoms with van der Waals surface area (Å²) < 4.78 is 11.6. The molecule has 17 rings (SSSR count). The molecule has 4 aromatic carbocycles. The van der Waals surface area contributed by atoms with E-state index in [1.165, 1.54) is 29.9 Å².